The van der Waals surface area contributed by atoms with Gasteiger partial charge in [0.25, 0.3) is 0 Å². The maximum absolute atomic E-state index is 12.9. The van der Waals surface area contributed by atoms with E-state index in [0.717, 1.165) is 11.3 Å². The number of ether oxygens (including phenoxy) is 4. The van der Waals surface area contributed by atoms with Crippen molar-refractivity contribution in [3.8, 4) is 17.2 Å². The number of esters is 1. The van der Waals surface area contributed by atoms with E-state index in [1.165, 1.54) is 7.11 Å². The smallest absolute Gasteiger partial charge is 0.317 e. The van der Waals surface area contributed by atoms with Crippen molar-refractivity contribution in [1.29, 1.82) is 0 Å². The first-order chi connectivity index (χ1) is 13.9. The van der Waals surface area contributed by atoms with Crippen LogP contribution in [0.1, 0.15) is 18.5 Å². The molecule has 0 saturated carbocycles. The fourth-order valence-electron chi connectivity index (χ4n) is 4.16. The highest BCUT2D eigenvalue weighted by molar-refractivity contribution is 7.80. The highest BCUT2D eigenvalue weighted by Crippen LogP contribution is 2.52. The average Bonchev–Trinajstić information content (AvgIpc) is 2.72. The molecule has 29 heavy (non-hydrogen) atoms. The molecule has 7 nitrogen and oxygen atoms in total. The molecule has 1 saturated heterocycles. The van der Waals surface area contributed by atoms with Gasteiger partial charge in [-0.3, -0.25) is 9.69 Å². The first kappa shape index (κ1) is 19.3. The Hall–Kier alpha value is -3.00. The van der Waals surface area contributed by atoms with Crippen molar-refractivity contribution in [1.82, 2.24) is 5.32 Å². The molecule has 152 valence electrons. The number of hydrogen-bond acceptors (Lipinski definition) is 6. The number of carbonyl (C=O) groups is 1. The minimum atomic E-state index is -1.14. The fourth-order valence-corrected chi connectivity index (χ4v) is 4.57. The van der Waals surface area contributed by atoms with Crippen LogP contribution in [0, 0.1) is 5.92 Å². The Bertz CT molecular complexity index is 981. The van der Waals surface area contributed by atoms with E-state index < -0.39 is 23.7 Å². The Morgan fingerprint density at radius 2 is 1.93 bits per heavy atom. The average molecular weight is 414 g/mol. The molecule has 8 heteroatoms. The molecule has 2 aromatic carbocycles. The van der Waals surface area contributed by atoms with Crippen LogP contribution >= 0.6 is 12.2 Å². The predicted molar refractivity (Wildman–Crippen MR) is 111 cm³/mol. The zero-order valence-corrected chi connectivity index (χ0v) is 17.4. The van der Waals surface area contributed by atoms with E-state index in [1.807, 2.05) is 49.4 Å². The molecule has 0 amide bonds. The summed E-state index contributed by atoms with van der Waals surface area (Å²) in [6.07, 6.45) is 0. The van der Waals surface area contributed by atoms with Crippen molar-refractivity contribution in [2.24, 2.45) is 5.92 Å². The normalized spacial score (nSPS) is 24.7. The minimum absolute atomic E-state index is 0.395. The first-order valence-electron chi connectivity index (χ1n) is 9.13. The first-order valence-corrected chi connectivity index (χ1v) is 9.54. The quantitative estimate of drug-likeness (QED) is 0.605. The van der Waals surface area contributed by atoms with Gasteiger partial charge in [0.1, 0.15) is 11.7 Å². The predicted octanol–water partition coefficient (Wildman–Crippen LogP) is 3.04. The number of benzene rings is 2. The monoisotopic (exact) mass is 414 g/mol. The van der Waals surface area contributed by atoms with Crippen molar-refractivity contribution in [3.63, 3.8) is 0 Å². The van der Waals surface area contributed by atoms with Gasteiger partial charge in [0.2, 0.25) is 5.72 Å². The number of para-hydroxylation sites is 1. The van der Waals surface area contributed by atoms with E-state index >= 15 is 0 Å². The molecule has 0 radical (unpaired) electrons. The molecule has 1 fully saturated rings. The molecule has 2 heterocycles. The van der Waals surface area contributed by atoms with Gasteiger partial charge in [0, 0.05) is 11.6 Å². The van der Waals surface area contributed by atoms with Crippen LogP contribution in [0.4, 0.5) is 5.69 Å². The largest absolute Gasteiger partial charge is 0.497 e. The van der Waals surface area contributed by atoms with Crippen molar-refractivity contribution in [3.05, 3.63) is 48.0 Å². The second-order valence-corrected chi connectivity index (χ2v) is 7.39. The summed E-state index contributed by atoms with van der Waals surface area (Å²) in [4.78, 5) is 14.7. The molecule has 0 aromatic heterocycles. The van der Waals surface area contributed by atoms with Crippen LogP contribution in [0.2, 0.25) is 0 Å². The number of methoxy groups -OCH3 is 3. The van der Waals surface area contributed by atoms with Crippen molar-refractivity contribution in [2.45, 2.75) is 18.7 Å². The summed E-state index contributed by atoms with van der Waals surface area (Å²) in [5, 5.41) is 3.76. The number of rotatable bonds is 4. The third-order valence-electron chi connectivity index (χ3n) is 5.48. The second kappa shape index (κ2) is 7.11. The Kier molecular flexibility index (Phi) is 4.74. The van der Waals surface area contributed by atoms with Gasteiger partial charge >= 0.3 is 5.97 Å². The number of thiocarbonyl (C=S) groups is 1. The lowest BCUT2D eigenvalue weighted by molar-refractivity contribution is -0.157. The van der Waals surface area contributed by atoms with Crippen LogP contribution in [0.15, 0.2) is 42.5 Å². The van der Waals surface area contributed by atoms with Gasteiger partial charge in [-0.2, -0.15) is 0 Å². The maximum Gasteiger partial charge on any atom is 0.317 e. The SMILES string of the molecule is COC(=O)[C@@H]1[C@H]2NC(=S)N(c3cccc(OC)c3)[C@@]1(C)Oc1c(OC)cccc12. The molecule has 2 aromatic rings. The molecule has 2 aliphatic rings. The summed E-state index contributed by atoms with van der Waals surface area (Å²) in [5.74, 6) is 0.756. The van der Waals surface area contributed by atoms with Crippen molar-refractivity contribution >= 4 is 29.0 Å². The molecular formula is C21H22N2O5S. The maximum atomic E-state index is 12.9. The van der Waals surface area contributed by atoms with Gasteiger partial charge < -0.3 is 24.3 Å². The van der Waals surface area contributed by atoms with E-state index in [4.69, 9.17) is 31.2 Å². The van der Waals surface area contributed by atoms with Crippen LogP contribution in [0.3, 0.4) is 0 Å². The summed E-state index contributed by atoms with van der Waals surface area (Å²) in [5.41, 5.74) is 0.383. The van der Waals surface area contributed by atoms with Gasteiger partial charge in [0.05, 0.1) is 33.1 Å². The lowest BCUT2D eigenvalue weighted by Gasteiger charge is -2.55. The van der Waals surface area contributed by atoms with Gasteiger partial charge in [-0.25, -0.2) is 0 Å². The minimum Gasteiger partial charge on any atom is -0.497 e. The molecule has 0 aliphatic carbocycles. The molecular weight excluding hydrogens is 392 g/mol. The van der Waals surface area contributed by atoms with Gasteiger partial charge in [-0.05, 0) is 37.3 Å². The number of anilines is 1. The van der Waals surface area contributed by atoms with E-state index in [0.29, 0.717) is 22.4 Å². The topological polar surface area (TPSA) is 69.3 Å². The van der Waals surface area contributed by atoms with Gasteiger partial charge in [-0.1, -0.05) is 18.2 Å². The van der Waals surface area contributed by atoms with Crippen LogP contribution in [-0.2, 0) is 9.53 Å². The summed E-state index contributed by atoms with van der Waals surface area (Å²) in [6, 6.07) is 12.6. The molecule has 1 N–H and O–H groups in total. The summed E-state index contributed by atoms with van der Waals surface area (Å²) in [7, 11) is 4.55. The molecule has 2 bridgehead atoms. The number of hydrogen-bond donors (Lipinski definition) is 1. The molecule has 3 atom stereocenters. The van der Waals surface area contributed by atoms with Crippen LogP contribution in [0.25, 0.3) is 0 Å². The Balaban J connectivity index is 1.93. The number of carbonyl (C=O) groups excluding carboxylic acids is 1. The summed E-state index contributed by atoms with van der Waals surface area (Å²) >= 11 is 5.69. The highest BCUT2D eigenvalue weighted by Gasteiger charge is 2.60. The van der Waals surface area contributed by atoms with Crippen LogP contribution in [0.5, 0.6) is 17.2 Å². The Morgan fingerprint density at radius 1 is 1.17 bits per heavy atom. The van der Waals surface area contributed by atoms with Gasteiger partial charge in [0.15, 0.2) is 16.6 Å². The van der Waals surface area contributed by atoms with Crippen molar-refractivity contribution in [2.75, 3.05) is 26.2 Å². The van der Waals surface area contributed by atoms with E-state index in [9.17, 15) is 4.79 Å². The lowest BCUT2D eigenvalue weighted by atomic mass is 9.79. The van der Waals surface area contributed by atoms with Gasteiger partial charge in [-0.15, -0.1) is 0 Å². The third-order valence-corrected chi connectivity index (χ3v) is 5.78. The second-order valence-electron chi connectivity index (χ2n) is 7.00. The van der Waals surface area contributed by atoms with E-state index in [2.05, 4.69) is 5.32 Å². The Morgan fingerprint density at radius 3 is 2.62 bits per heavy atom. The molecule has 2 aliphatic heterocycles. The van der Waals surface area contributed by atoms with E-state index in [-0.39, 0.29) is 0 Å². The Labute approximate surface area is 174 Å². The lowest BCUT2D eigenvalue weighted by Crippen LogP contribution is -2.71. The zero-order valence-electron chi connectivity index (χ0n) is 16.6. The van der Waals surface area contributed by atoms with Crippen molar-refractivity contribution < 1.29 is 23.7 Å². The summed E-state index contributed by atoms with van der Waals surface area (Å²) in [6.45, 7) is 1.84. The molecule has 0 spiro atoms. The number of nitrogens with zero attached hydrogens (tertiary/aromatic N) is 1. The standard InChI is InChI=1S/C21H22N2O5S/c1-21-16(19(24)27-4)17(14-9-6-10-15(26-3)18(14)28-21)22-20(29)23(21)12-7-5-8-13(11-12)25-2/h5-11,16-17H,1-4H3,(H,22,29)/t16-,17-,21-/m0/s1. The number of nitrogens with one attached hydrogen (secondary N) is 1. The molecule has 0 unspecified atom stereocenters. The number of fused-ring (bicyclic) bond motifs is 4. The fraction of sp³-hybridized carbons (Fsp3) is 0.333. The zero-order chi connectivity index (χ0) is 20.8. The molecule has 4 rings (SSSR count). The van der Waals surface area contributed by atoms with Crippen LogP contribution < -0.4 is 24.4 Å². The third kappa shape index (κ3) is 2.86. The van der Waals surface area contributed by atoms with E-state index in [1.54, 1.807) is 19.1 Å². The van der Waals surface area contributed by atoms with Crippen LogP contribution in [-0.4, -0.2) is 38.1 Å². The highest BCUT2D eigenvalue weighted by atomic mass is 32.1. The summed E-state index contributed by atoms with van der Waals surface area (Å²) < 4.78 is 22.5.